The third kappa shape index (κ3) is 3.08. The minimum Gasteiger partial charge on any atom is -0.298 e. The molecule has 2 heterocycles. The van der Waals surface area contributed by atoms with E-state index in [-0.39, 0.29) is 11.2 Å². The van der Waals surface area contributed by atoms with Gasteiger partial charge in [-0.1, -0.05) is 42.8 Å². The molecule has 28 heavy (non-hydrogen) atoms. The number of rotatable bonds is 3. The van der Waals surface area contributed by atoms with Gasteiger partial charge in [-0.25, -0.2) is 9.07 Å². The topological polar surface area (TPSA) is 21.1 Å². The largest absolute Gasteiger partial charge is 0.298 e. The zero-order valence-corrected chi connectivity index (χ0v) is 16.1. The van der Waals surface area contributed by atoms with E-state index in [4.69, 9.17) is 0 Å². The van der Waals surface area contributed by atoms with E-state index in [9.17, 15) is 4.39 Å². The lowest BCUT2D eigenvalue weighted by molar-refractivity contribution is 0.146. The van der Waals surface area contributed by atoms with Crippen molar-refractivity contribution in [2.75, 3.05) is 13.1 Å². The standard InChI is InChI=1S/C24H24FN3/c1-24-14-19-15-26-28(22-9-7-21(25)8-10-22)23(19)13-20(24)11-12-27(17-24)16-18-5-3-2-4-6-18/h2-10,13,15H,11-12,14,16-17H2,1H3. The first-order chi connectivity index (χ1) is 13.6. The second-order valence-corrected chi connectivity index (χ2v) is 8.30. The molecule has 2 aromatic carbocycles. The first-order valence-electron chi connectivity index (χ1n) is 9.91. The van der Waals surface area contributed by atoms with Gasteiger partial charge in [-0.2, -0.15) is 5.10 Å². The molecule has 0 amide bonds. The van der Waals surface area contributed by atoms with Gasteiger partial charge < -0.3 is 0 Å². The summed E-state index contributed by atoms with van der Waals surface area (Å²) >= 11 is 0. The van der Waals surface area contributed by atoms with Gasteiger partial charge in [0.25, 0.3) is 0 Å². The normalized spacial score (nSPS) is 21.7. The van der Waals surface area contributed by atoms with E-state index in [1.54, 1.807) is 12.1 Å². The molecule has 1 unspecified atom stereocenters. The van der Waals surface area contributed by atoms with Crippen LogP contribution in [0.5, 0.6) is 0 Å². The Morgan fingerprint density at radius 3 is 2.64 bits per heavy atom. The molecule has 142 valence electrons. The lowest BCUT2D eigenvalue weighted by Gasteiger charge is -2.44. The minimum atomic E-state index is -0.221. The SMILES string of the molecule is CC12Cc3cnn(-c4ccc(F)cc4)c3C=C1CCN(Cc1ccccc1)C2. The van der Waals surface area contributed by atoms with Crippen LogP contribution in [0.3, 0.4) is 0 Å². The average molecular weight is 373 g/mol. The molecule has 1 aromatic heterocycles. The molecule has 0 radical (unpaired) electrons. The number of benzene rings is 2. The van der Waals surface area contributed by atoms with Crippen molar-refractivity contribution in [3.8, 4) is 5.69 Å². The third-order valence-corrected chi connectivity index (χ3v) is 6.14. The summed E-state index contributed by atoms with van der Waals surface area (Å²) in [6.45, 7) is 5.53. The molecule has 5 rings (SSSR count). The zero-order valence-electron chi connectivity index (χ0n) is 16.1. The maximum atomic E-state index is 13.3. The fourth-order valence-corrected chi connectivity index (χ4v) is 4.70. The zero-order chi connectivity index (χ0) is 19.1. The van der Waals surface area contributed by atoms with Crippen LogP contribution in [0.15, 0.2) is 66.4 Å². The van der Waals surface area contributed by atoms with Crippen molar-refractivity contribution in [2.45, 2.75) is 26.3 Å². The summed E-state index contributed by atoms with van der Waals surface area (Å²) in [4.78, 5) is 2.57. The van der Waals surface area contributed by atoms with Crippen LogP contribution in [0, 0.1) is 11.2 Å². The Morgan fingerprint density at radius 2 is 1.86 bits per heavy atom. The summed E-state index contributed by atoms with van der Waals surface area (Å²) in [5.74, 6) is -0.221. The number of likely N-dealkylation sites (tertiary alicyclic amines) is 1. The van der Waals surface area contributed by atoms with Crippen LogP contribution in [-0.2, 0) is 13.0 Å². The molecule has 3 nitrogen and oxygen atoms in total. The summed E-state index contributed by atoms with van der Waals surface area (Å²) < 4.78 is 15.2. The van der Waals surface area contributed by atoms with E-state index in [2.05, 4.69) is 53.3 Å². The van der Waals surface area contributed by atoms with Crippen molar-refractivity contribution in [3.63, 3.8) is 0 Å². The van der Waals surface area contributed by atoms with Crippen molar-refractivity contribution >= 4 is 6.08 Å². The molecule has 0 bridgehead atoms. The molecule has 3 aromatic rings. The highest BCUT2D eigenvalue weighted by molar-refractivity contribution is 5.61. The molecule has 2 aliphatic rings. The molecule has 0 saturated carbocycles. The van der Waals surface area contributed by atoms with E-state index in [1.165, 1.54) is 28.8 Å². The van der Waals surface area contributed by atoms with Crippen molar-refractivity contribution in [1.29, 1.82) is 0 Å². The molecule has 1 saturated heterocycles. The second-order valence-electron chi connectivity index (χ2n) is 8.30. The first-order valence-corrected chi connectivity index (χ1v) is 9.91. The Morgan fingerprint density at radius 1 is 1.07 bits per heavy atom. The second kappa shape index (κ2) is 6.71. The summed E-state index contributed by atoms with van der Waals surface area (Å²) in [6.07, 6.45) is 6.39. The summed E-state index contributed by atoms with van der Waals surface area (Å²) in [5.41, 5.74) is 6.36. The number of nitrogens with zero attached hydrogens (tertiary/aromatic N) is 3. The molecular weight excluding hydrogens is 349 g/mol. The predicted molar refractivity (Wildman–Crippen MR) is 110 cm³/mol. The summed E-state index contributed by atoms with van der Waals surface area (Å²) in [6, 6.07) is 17.3. The van der Waals surface area contributed by atoms with Gasteiger partial charge in [0.1, 0.15) is 5.82 Å². The van der Waals surface area contributed by atoms with Gasteiger partial charge in [-0.05, 0) is 54.3 Å². The van der Waals surface area contributed by atoms with Gasteiger partial charge in [0.2, 0.25) is 0 Å². The van der Waals surface area contributed by atoms with Crippen molar-refractivity contribution < 1.29 is 4.39 Å². The van der Waals surface area contributed by atoms with Gasteiger partial charge in [-0.15, -0.1) is 0 Å². The van der Waals surface area contributed by atoms with Crippen LogP contribution in [0.2, 0.25) is 0 Å². The molecule has 1 atom stereocenters. The van der Waals surface area contributed by atoms with E-state index in [0.29, 0.717) is 0 Å². The molecule has 0 spiro atoms. The lowest BCUT2D eigenvalue weighted by Crippen LogP contribution is -2.45. The van der Waals surface area contributed by atoms with E-state index in [1.807, 2.05) is 10.9 Å². The van der Waals surface area contributed by atoms with Gasteiger partial charge in [0.05, 0.1) is 17.6 Å². The highest BCUT2D eigenvalue weighted by atomic mass is 19.1. The quantitative estimate of drug-likeness (QED) is 0.654. The number of halogens is 1. The third-order valence-electron chi connectivity index (χ3n) is 6.14. The van der Waals surface area contributed by atoms with Gasteiger partial charge in [-0.3, -0.25) is 4.90 Å². The number of fused-ring (bicyclic) bond motifs is 2. The number of hydrogen-bond acceptors (Lipinski definition) is 2. The van der Waals surface area contributed by atoms with Crippen LogP contribution < -0.4 is 0 Å². The Bertz CT molecular complexity index is 1020. The highest BCUT2D eigenvalue weighted by Gasteiger charge is 2.39. The molecule has 1 fully saturated rings. The van der Waals surface area contributed by atoms with Gasteiger partial charge in [0, 0.05) is 25.0 Å². The maximum absolute atomic E-state index is 13.3. The van der Waals surface area contributed by atoms with Crippen molar-refractivity contribution in [2.24, 2.45) is 5.41 Å². The number of piperidine rings is 1. The fourth-order valence-electron chi connectivity index (χ4n) is 4.70. The molecular formula is C24H24FN3. The van der Waals surface area contributed by atoms with Gasteiger partial charge in [0.15, 0.2) is 0 Å². The Labute approximate surface area is 165 Å². The lowest BCUT2D eigenvalue weighted by atomic mass is 9.70. The Kier molecular flexibility index (Phi) is 4.17. The molecule has 1 aliphatic carbocycles. The molecule has 4 heteroatoms. The fraction of sp³-hybridized carbons (Fsp3) is 0.292. The Balaban J connectivity index is 1.41. The Hall–Kier alpha value is -2.72. The summed E-state index contributed by atoms with van der Waals surface area (Å²) in [5, 5.41) is 4.61. The van der Waals surface area contributed by atoms with Gasteiger partial charge >= 0.3 is 0 Å². The summed E-state index contributed by atoms with van der Waals surface area (Å²) in [7, 11) is 0. The average Bonchev–Trinajstić information content (AvgIpc) is 3.09. The number of hydrogen-bond donors (Lipinski definition) is 0. The van der Waals surface area contributed by atoms with Crippen molar-refractivity contribution in [3.05, 3.63) is 89.0 Å². The van der Waals surface area contributed by atoms with Crippen LogP contribution in [-0.4, -0.2) is 27.8 Å². The van der Waals surface area contributed by atoms with E-state index in [0.717, 1.165) is 43.9 Å². The minimum absolute atomic E-state index is 0.149. The molecule has 1 aliphatic heterocycles. The van der Waals surface area contributed by atoms with Crippen molar-refractivity contribution in [1.82, 2.24) is 14.7 Å². The first kappa shape index (κ1) is 17.4. The van der Waals surface area contributed by atoms with E-state index < -0.39 is 0 Å². The van der Waals surface area contributed by atoms with Crippen LogP contribution >= 0.6 is 0 Å². The predicted octanol–water partition coefficient (Wildman–Crippen LogP) is 4.86. The van der Waals surface area contributed by atoms with Crippen LogP contribution in [0.25, 0.3) is 11.8 Å². The monoisotopic (exact) mass is 373 g/mol. The maximum Gasteiger partial charge on any atom is 0.123 e. The highest BCUT2D eigenvalue weighted by Crippen LogP contribution is 2.44. The smallest absolute Gasteiger partial charge is 0.123 e. The van der Waals surface area contributed by atoms with Crippen LogP contribution in [0.4, 0.5) is 4.39 Å². The van der Waals surface area contributed by atoms with Crippen LogP contribution in [0.1, 0.15) is 30.2 Å². The molecule has 0 N–H and O–H groups in total. The van der Waals surface area contributed by atoms with E-state index >= 15 is 0 Å². The number of aromatic nitrogens is 2.